The molecular formula is C41H46N4O7S. The molecule has 1 fully saturated rings. The number of nitrogens with one attached hydrogen (secondary N) is 3. The second kappa shape index (κ2) is 16.2. The van der Waals surface area contributed by atoms with E-state index in [1.54, 1.807) is 62.4 Å². The SMILES string of the molecule is COC(=O)c1nc(C(=O)NC2CCCCCC2)ccc1-c1cc2c(cc1C(=O)Nc1ccc(CNC(=O)OC(C)(C)C)cc1C)-c1sccc1CCO2. The Morgan fingerprint density at radius 3 is 2.42 bits per heavy atom. The molecule has 2 aliphatic rings. The molecule has 0 spiro atoms. The third kappa shape index (κ3) is 9.05. The van der Waals surface area contributed by atoms with Crippen LogP contribution in [0, 0.1) is 6.92 Å². The van der Waals surface area contributed by atoms with Crippen molar-refractivity contribution in [3.8, 4) is 27.3 Å². The van der Waals surface area contributed by atoms with Gasteiger partial charge in [0.1, 0.15) is 17.0 Å². The standard InChI is InChI=1S/C41H46N4O7S/c1-24-20-25(23-42-40(49)52-41(2,3)4)12-14-32(24)45-37(46)30-21-31-34(51-18-16-26-17-19-53-36(26)31)22-29(30)28-13-15-33(44-35(28)39(48)50-5)38(47)43-27-10-8-6-7-9-11-27/h12-15,17,19-22,27H,6-11,16,18,23H2,1-5H3,(H,42,49)(H,43,47)(H,45,46). The van der Waals surface area contributed by atoms with E-state index in [0.29, 0.717) is 35.6 Å². The van der Waals surface area contributed by atoms with E-state index < -0.39 is 23.6 Å². The van der Waals surface area contributed by atoms with Gasteiger partial charge in [0.05, 0.1) is 13.7 Å². The Morgan fingerprint density at radius 2 is 1.70 bits per heavy atom. The number of carbonyl (C=O) groups excluding carboxylic acids is 4. The van der Waals surface area contributed by atoms with Gasteiger partial charge < -0.3 is 30.2 Å². The highest BCUT2D eigenvalue weighted by Crippen LogP contribution is 2.43. The number of nitrogens with zero attached hydrogens (tertiary/aromatic N) is 1. The fourth-order valence-corrected chi connectivity index (χ4v) is 7.70. The third-order valence-corrected chi connectivity index (χ3v) is 10.3. The van der Waals surface area contributed by atoms with Crippen LogP contribution in [0.1, 0.15) is 107 Å². The van der Waals surface area contributed by atoms with E-state index >= 15 is 0 Å². The van der Waals surface area contributed by atoms with Crippen LogP contribution in [0.4, 0.5) is 10.5 Å². The predicted molar refractivity (Wildman–Crippen MR) is 205 cm³/mol. The van der Waals surface area contributed by atoms with Gasteiger partial charge in [-0.15, -0.1) is 11.3 Å². The van der Waals surface area contributed by atoms with Crippen molar-refractivity contribution in [3.63, 3.8) is 0 Å². The number of methoxy groups -OCH3 is 1. The van der Waals surface area contributed by atoms with Crippen LogP contribution in [0.3, 0.4) is 0 Å². The van der Waals surface area contributed by atoms with Gasteiger partial charge in [-0.25, -0.2) is 14.6 Å². The van der Waals surface area contributed by atoms with Gasteiger partial charge in [0.2, 0.25) is 0 Å². The Balaban J connectivity index is 1.35. The van der Waals surface area contributed by atoms with Crippen molar-refractivity contribution in [2.24, 2.45) is 0 Å². The second-order valence-corrected chi connectivity index (χ2v) is 15.4. The number of thiophene rings is 1. The second-order valence-electron chi connectivity index (χ2n) is 14.5. The van der Waals surface area contributed by atoms with E-state index in [9.17, 15) is 19.2 Å². The quantitative estimate of drug-likeness (QED) is 0.121. The number of aryl methyl sites for hydroxylation is 1. The molecule has 1 aliphatic carbocycles. The van der Waals surface area contributed by atoms with Gasteiger partial charge in [-0.3, -0.25) is 9.59 Å². The summed E-state index contributed by atoms with van der Waals surface area (Å²) in [7, 11) is 1.26. The molecule has 11 nitrogen and oxygen atoms in total. The third-order valence-electron chi connectivity index (χ3n) is 9.35. The van der Waals surface area contributed by atoms with Crippen molar-refractivity contribution in [2.45, 2.75) is 90.8 Å². The molecule has 4 aromatic rings. The number of hydrogen-bond donors (Lipinski definition) is 3. The number of anilines is 1. The number of alkyl carbamates (subject to hydrolysis) is 1. The minimum atomic E-state index is -0.738. The minimum Gasteiger partial charge on any atom is -0.493 e. The largest absolute Gasteiger partial charge is 0.493 e. The zero-order valence-electron chi connectivity index (χ0n) is 30.9. The van der Waals surface area contributed by atoms with Crippen molar-refractivity contribution < 1.29 is 33.4 Å². The van der Waals surface area contributed by atoms with Gasteiger partial charge >= 0.3 is 12.1 Å². The summed E-state index contributed by atoms with van der Waals surface area (Å²) in [5.41, 5.74) is 4.49. The average Bonchev–Trinajstić information content (AvgIpc) is 3.33. The summed E-state index contributed by atoms with van der Waals surface area (Å²) in [5, 5.41) is 10.9. The number of pyridine rings is 1. The molecule has 0 atom stereocenters. The van der Waals surface area contributed by atoms with Crippen LogP contribution in [0.25, 0.3) is 21.6 Å². The topological polar surface area (TPSA) is 145 Å². The highest BCUT2D eigenvalue weighted by atomic mass is 32.1. The molecule has 3 amide bonds. The average molecular weight is 739 g/mol. The van der Waals surface area contributed by atoms with E-state index in [2.05, 4.69) is 27.0 Å². The Kier molecular flexibility index (Phi) is 11.5. The van der Waals surface area contributed by atoms with Crippen LogP contribution >= 0.6 is 11.3 Å². The summed E-state index contributed by atoms with van der Waals surface area (Å²) in [6.07, 6.45) is 6.40. The molecular weight excluding hydrogens is 693 g/mol. The number of ether oxygens (including phenoxy) is 3. The van der Waals surface area contributed by atoms with Crippen molar-refractivity contribution in [1.82, 2.24) is 15.6 Å². The van der Waals surface area contributed by atoms with Crippen LogP contribution in [-0.2, 0) is 22.4 Å². The molecule has 278 valence electrons. The normalized spacial score (nSPS) is 14.4. The van der Waals surface area contributed by atoms with Crippen LogP contribution in [0.15, 0.2) is 53.9 Å². The summed E-state index contributed by atoms with van der Waals surface area (Å²) in [5.74, 6) is -0.943. The molecule has 2 aromatic carbocycles. The predicted octanol–water partition coefficient (Wildman–Crippen LogP) is 8.24. The molecule has 2 aromatic heterocycles. The molecule has 0 bridgehead atoms. The molecule has 0 saturated heterocycles. The van der Waals surface area contributed by atoms with E-state index in [4.69, 9.17) is 14.2 Å². The molecule has 1 saturated carbocycles. The van der Waals surface area contributed by atoms with Crippen LogP contribution in [-0.4, -0.2) is 54.2 Å². The van der Waals surface area contributed by atoms with E-state index in [1.165, 1.54) is 7.11 Å². The lowest BCUT2D eigenvalue weighted by Gasteiger charge is -2.20. The molecule has 0 radical (unpaired) electrons. The van der Waals surface area contributed by atoms with Gasteiger partial charge in [0.25, 0.3) is 11.8 Å². The Labute approximate surface area is 313 Å². The highest BCUT2D eigenvalue weighted by molar-refractivity contribution is 7.13. The number of esters is 1. The monoisotopic (exact) mass is 738 g/mol. The fourth-order valence-electron chi connectivity index (χ4n) is 6.72. The smallest absolute Gasteiger partial charge is 0.407 e. The molecule has 0 unspecified atom stereocenters. The van der Waals surface area contributed by atoms with Crippen LogP contribution < -0.4 is 20.7 Å². The van der Waals surface area contributed by atoms with E-state index in [1.807, 2.05) is 24.4 Å². The summed E-state index contributed by atoms with van der Waals surface area (Å²) in [6, 6.07) is 14.4. The van der Waals surface area contributed by atoms with Crippen molar-refractivity contribution in [2.75, 3.05) is 19.0 Å². The first-order valence-corrected chi connectivity index (χ1v) is 18.9. The zero-order chi connectivity index (χ0) is 37.7. The lowest BCUT2D eigenvalue weighted by Crippen LogP contribution is -2.35. The Bertz CT molecular complexity index is 2020. The van der Waals surface area contributed by atoms with Gasteiger partial charge in [0, 0.05) is 51.8 Å². The molecule has 1 aliphatic heterocycles. The molecule has 3 heterocycles. The fraction of sp³-hybridized carbons (Fsp3) is 0.390. The number of hydrogen-bond acceptors (Lipinski definition) is 9. The number of aromatic nitrogens is 1. The lowest BCUT2D eigenvalue weighted by atomic mass is 9.93. The van der Waals surface area contributed by atoms with E-state index in [0.717, 1.165) is 65.7 Å². The van der Waals surface area contributed by atoms with E-state index in [-0.39, 0.29) is 35.4 Å². The van der Waals surface area contributed by atoms with Crippen molar-refractivity contribution in [1.29, 1.82) is 0 Å². The number of carbonyl (C=O) groups is 4. The summed E-state index contributed by atoms with van der Waals surface area (Å²) < 4.78 is 16.7. The lowest BCUT2D eigenvalue weighted by molar-refractivity contribution is 0.0522. The first kappa shape index (κ1) is 37.5. The van der Waals surface area contributed by atoms with Gasteiger partial charge in [-0.1, -0.05) is 37.8 Å². The maximum atomic E-state index is 14.4. The number of amides is 3. The molecule has 3 N–H and O–H groups in total. The maximum absolute atomic E-state index is 14.4. The first-order chi connectivity index (χ1) is 25.4. The zero-order valence-corrected chi connectivity index (χ0v) is 31.7. The highest BCUT2D eigenvalue weighted by Gasteiger charge is 2.28. The first-order valence-electron chi connectivity index (χ1n) is 18.1. The number of benzene rings is 2. The maximum Gasteiger partial charge on any atom is 0.407 e. The van der Waals surface area contributed by atoms with Gasteiger partial charge in [0.15, 0.2) is 5.69 Å². The van der Waals surface area contributed by atoms with Crippen molar-refractivity contribution >= 4 is 40.9 Å². The molecule has 6 rings (SSSR count). The van der Waals surface area contributed by atoms with Crippen LogP contribution in [0.2, 0.25) is 0 Å². The van der Waals surface area contributed by atoms with Gasteiger partial charge in [-0.2, -0.15) is 0 Å². The minimum absolute atomic E-state index is 0.0472. The molecule has 12 heteroatoms. The van der Waals surface area contributed by atoms with Crippen LogP contribution in [0.5, 0.6) is 5.75 Å². The summed E-state index contributed by atoms with van der Waals surface area (Å²) in [6.45, 7) is 7.97. The number of rotatable bonds is 8. The van der Waals surface area contributed by atoms with Gasteiger partial charge in [-0.05, 0) is 99.0 Å². The Morgan fingerprint density at radius 1 is 0.925 bits per heavy atom. The molecule has 53 heavy (non-hydrogen) atoms. The summed E-state index contributed by atoms with van der Waals surface area (Å²) in [4.78, 5) is 58.8. The van der Waals surface area contributed by atoms with Crippen molar-refractivity contribution in [3.05, 3.63) is 87.6 Å². The summed E-state index contributed by atoms with van der Waals surface area (Å²) >= 11 is 1.57. The Hall–Kier alpha value is -5.23. The number of fused-ring (bicyclic) bond motifs is 3.